The average Bonchev–Trinajstić information content (AvgIpc) is 2.87. The molecule has 0 aliphatic heterocycles. The molecular formula is C19H19NO. The number of ketones is 1. The van der Waals surface area contributed by atoms with E-state index in [0.717, 1.165) is 16.8 Å². The van der Waals surface area contributed by atoms with Gasteiger partial charge in [0, 0.05) is 22.5 Å². The van der Waals surface area contributed by atoms with Crippen LogP contribution in [0.5, 0.6) is 0 Å². The van der Waals surface area contributed by atoms with Crippen molar-refractivity contribution in [2.24, 2.45) is 5.92 Å². The van der Waals surface area contributed by atoms with Crippen LogP contribution in [0.4, 0.5) is 0 Å². The minimum Gasteiger partial charge on any atom is -0.333 e. The minimum absolute atomic E-state index is 0.0507. The molecule has 0 bridgehead atoms. The Labute approximate surface area is 125 Å². The van der Waals surface area contributed by atoms with Crippen molar-refractivity contribution in [2.45, 2.75) is 20.4 Å². The minimum atomic E-state index is 0.0507. The maximum Gasteiger partial charge on any atom is 0.155 e. The second-order valence-electron chi connectivity index (χ2n) is 5.66. The van der Waals surface area contributed by atoms with Crippen molar-refractivity contribution in [1.29, 1.82) is 0 Å². The number of fused-ring (bicyclic) bond motifs is 1. The fourth-order valence-electron chi connectivity index (χ4n) is 2.57. The van der Waals surface area contributed by atoms with Crippen molar-refractivity contribution >= 4 is 16.7 Å². The molecule has 1 heterocycles. The highest BCUT2D eigenvalue weighted by Crippen LogP contribution is 2.28. The molecule has 0 amide bonds. The summed E-state index contributed by atoms with van der Waals surface area (Å²) in [5, 5.41) is 1.17. The smallest absolute Gasteiger partial charge is 0.155 e. The normalized spacial score (nSPS) is 11.2. The maximum atomic E-state index is 12.2. The number of hydrogen-bond donors (Lipinski definition) is 0. The topological polar surface area (TPSA) is 22.0 Å². The van der Waals surface area contributed by atoms with Gasteiger partial charge in [0.2, 0.25) is 0 Å². The highest BCUT2D eigenvalue weighted by molar-refractivity contribution is 5.90. The van der Waals surface area contributed by atoms with E-state index in [0.29, 0.717) is 6.54 Å². The average molecular weight is 277 g/mol. The van der Waals surface area contributed by atoms with E-state index in [1.807, 2.05) is 44.2 Å². The third-order valence-electron chi connectivity index (χ3n) is 3.84. The summed E-state index contributed by atoms with van der Waals surface area (Å²) in [6.07, 6.45) is 0. The van der Waals surface area contributed by atoms with Crippen LogP contribution in [0.1, 0.15) is 13.8 Å². The predicted molar refractivity (Wildman–Crippen MR) is 87.2 cm³/mol. The summed E-state index contributed by atoms with van der Waals surface area (Å²) < 4.78 is 2.13. The number of nitrogens with zero attached hydrogens (tertiary/aromatic N) is 1. The molecule has 0 unspecified atom stereocenters. The summed E-state index contributed by atoms with van der Waals surface area (Å²) in [5.41, 5.74) is 3.36. The molecule has 2 heteroatoms. The number of carbonyl (C=O) groups is 1. The van der Waals surface area contributed by atoms with Crippen LogP contribution in [-0.4, -0.2) is 10.4 Å². The first-order valence-electron chi connectivity index (χ1n) is 7.33. The first kappa shape index (κ1) is 13.6. The molecule has 3 rings (SSSR count). The van der Waals surface area contributed by atoms with Gasteiger partial charge in [0.25, 0.3) is 0 Å². The molecule has 2 aromatic carbocycles. The molecule has 0 atom stereocenters. The largest absolute Gasteiger partial charge is 0.333 e. The summed E-state index contributed by atoms with van der Waals surface area (Å²) in [7, 11) is 0. The summed E-state index contributed by atoms with van der Waals surface area (Å²) in [6, 6.07) is 20.6. The number of para-hydroxylation sites is 1. The van der Waals surface area contributed by atoms with Gasteiger partial charge in [-0.1, -0.05) is 62.4 Å². The van der Waals surface area contributed by atoms with Crippen molar-refractivity contribution in [3.05, 3.63) is 60.7 Å². The first-order valence-corrected chi connectivity index (χ1v) is 7.33. The fraction of sp³-hybridized carbons (Fsp3) is 0.211. The zero-order chi connectivity index (χ0) is 14.8. The van der Waals surface area contributed by atoms with Crippen LogP contribution in [-0.2, 0) is 11.3 Å². The van der Waals surface area contributed by atoms with Crippen LogP contribution in [0.2, 0.25) is 0 Å². The van der Waals surface area contributed by atoms with E-state index in [1.165, 1.54) is 5.39 Å². The van der Waals surface area contributed by atoms with Crippen molar-refractivity contribution in [3.8, 4) is 11.3 Å². The molecular weight excluding hydrogens is 258 g/mol. The molecule has 0 saturated heterocycles. The predicted octanol–water partition coefficient (Wildman–Crippen LogP) is 4.53. The zero-order valence-corrected chi connectivity index (χ0v) is 12.4. The molecule has 0 aliphatic carbocycles. The Balaban J connectivity index is 2.17. The van der Waals surface area contributed by atoms with Crippen LogP contribution in [0.15, 0.2) is 60.7 Å². The molecule has 0 radical (unpaired) electrons. The van der Waals surface area contributed by atoms with E-state index in [-0.39, 0.29) is 11.7 Å². The molecule has 3 aromatic rings. The van der Waals surface area contributed by atoms with E-state index in [1.54, 1.807) is 0 Å². The Kier molecular flexibility index (Phi) is 3.61. The summed E-state index contributed by atoms with van der Waals surface area (Å²) >= 11 is 0. The van der Waals surface area contributed by atoms with Gasteiger partial charge in [0.15, 0.2) is 5.78 Å². The van der Waals surface area contributed by atoms with Crippen molar-refractivity contribution in [3.63, 3.8) is 0 Å². The molecule has 1 aromatic heterocycles. The number of hydrogen-bond acceptors (Lipinski definition) is 1. The van der Waals surface area contributed by atoms with Gasteiger partial charge in [-0.3, -0.25) is 4.79 Å². The van der Waals surface area contributed by atoms with E-state index < -0.39 is 0 Å². The molecule has 0 spiro atoms. The van der Waals surface area contributed by atoms with E-state index >= 15 is 0 Å². The van der Waals surface area contributed by atoms with Crippen LogP contribution in [0.3, 0.4) is 0 Å². The van der Waals surface area contributed by atoms with Gasteiger partial charge < -0.3 is 4.57 Å². The number of benzene rings is 2. The molecule has 0 aliphatic rings. The Morgan fingerprint density at radius 2 is 1.67 bits per heavy atom. The summed E-state index contributed by atoms with van der Waals surface area (Å²) in [5.74, 6) is 0.309. The zero-order valence-electron chi connectivity index (χ0n) is 12.4. The van der Waals surface area contributed by atoms with Crippen molar-refractivity contribution < 1.29 is 4.79 Å². The summed E-state index contributed by atoms with van der Waals surface area (Å²) in [4.78, 5) is 12.2. The molecule has 2 nitrogen and oxygen atoms in total. The number of aromatic nitrogens is 1. The van der Waals surface area contributed by atoms with Crippen LogP contribution in [0.25, 0.3) is 22.2 Å². The molecule has 0 N–H and O–H groups in total. The summed E-state index contributed by atoms with van der Waals surface area (Å²) in [6.45, 7) is 4.34. The Morgan fingerprint density at radius 1 is 1.00 bits per heavy atom. The standard InChI is InChI=1S/C19H19NO/c1-14(2)19(21)13-20-17-11-7-6-10-16(17)12-18(20)15-8-4-3-5-9-15/h3-12,14H,13H2,1-2H3. The SMILES string of the molecule is CC(C)C(=O)Cn1c(-c2ccccc2)cc2ccccc21. The fourth-order valence-corrected chi connectivity index (χ4v) is 2.57. The first-order chi connectivity index (χ1) is 10.2. The third-order valence-corrected chi connectivity index (χ3v) is 3.84. The Morgan fingerprint density at radius 3 is 2.38 bits per heavy atom. The van der Waals surface area contributed by atoms with Gasteiger partial charge in [-0.05, 0) is 17.7 Å². The highest BCUT2D eigenvalue weighted by Gasteiger charge is 2.14. The number of carbonyl (C=O) groups excluding carboxylic acids is 1. The van der Waals surface area contributed by atoms with Gasteiger partial charge in [0.1, 0.15) is 0 Å². The molecule has 0 saturated carbocycles. The second kappa shape index (κ2) is 5.57. The van der Waals surface area contributed by atoms with E-state index in [2.05, 4.69) is 34.9 Å². The number of Topliss-reactive ketones (excluding diaryl/α,β-unsaturated/α-hetero) is 1. The molecule has 0 fully saturated rings. The highest BCUT2D eigenvalue weighted by atomic mass is 16.1. The van der Waals surface area contributed by atoms with Gasteiger partial charge in [-0.15, -0.1) is 0 Å². The van der Waals surface area contributed by atoms with Crippen LogP contribution < -0.4 is 0 Å². The molecule has 21 heavy (non-hydrogen) atoms. The second-order valence-corrected chi connectivity index (χ2v) is 5.66. The Hall–Kier alpha value is -2.35. The van der Waals surface area contributed by atoms with Gasteiger partial charge in [-0.2, -0.15) is 0 Å². The Bertz CT molecular complexity index is 769. The van der Waals surface area contributed by atoms with Crippen LogP contribution >= 0.6 is 0 Å². The lowest BCUT2D eigenvalue weighted by atomic mass is 10.1. The van der Waals surface area contributed by atoms with Crippen molar-refractivity contribution in [1.82, 2.24) is 4.57 Å². The lowest BCUT2D eigenvalue weighted by Crippen LogP contribution is -2.16. The third kappa shape index (κ3) is 2.62. The number of rotatable bonds is 4. The monoisotopic (exact) mass is 277 g/mol. The maximum absolute atomic E-state index is 12.2. The van der Waals surface area contributed by atoms with Gasteiger partial charge in [-0.25, -0.2) is 0 Å². The lowest BCUT2D eigenvalue weighted by Gasteiger charge is -2.12. The molecule has 106 valence electrons. The lowest BCUT2D eigenvalue weighted by molar-refractivity contribution is -0.122. The van der Waals surface area contributed by atoms with E-state index in [9.17, 15) is 4.79 Å². The quantitative estimate of drug-likeness (QED) is 0.686. The van der Waals surface area contributed by atoms with Gasteiger partial charge >= 0.3 is 0 Å². The van der Waals surface area contributed by atoms with Crippen molar-refractivity contribution in [2.75, 3.05) is 0 Å². The van der Waals surface area contributed by atoms with Gasteiger partial charge in [0.05, 0.1) is 6.54 Å². The van der Waals surface area contributed by atoms with E-state index in [4.69, 9.17) is 0 Å². The van der Waals surface area contributed by atoms with Crippen LogP contribution in [0, 0.1) is 5.92 Å².